The zero-order valence-electron chi connectivity index (χ0n) is 11.5. The maximum Gasteiger partial charge on any atom is 0.138 e. The van der Waals surface area contributed by atoms with Gasteiger partial charge in [0.05, 0.1) is 0 Å². The van der Waals surface area contributed by atoms with Crippen LogP contribution in [-0.4, -0.2) is 0 Å². The maximum atomic E-state index is 14.9. The molecule has 0 unspecified atom stereocenters. The van der Waals surface area contributed by atoms with Crippen molar-refractivity contribution >= 4 is 38.4 Å². The van der Waals surface area contributed by atoms with E-state index >= 15 is 0 Å². The molecule has 100 valence electrons. The van der Waals surface area contributed by atoms with Crippen molar-refractivity contribution in [3.63, 3.8) is 0 Å². The minimum Gasteiger partial charge on any atom is -0.206 e. The van der Waals surface area contributed by atoms with Crippen LogP contribution in [0.15, 0.2) is 48.5 Å². The van der Waals surface area contributed by atoms with Crippen LogP contribution in [0.5, 0.6) is 0 Å². The lowest BCUT2D eigenvalue weighted by molar-refractivity contribution is 0.634. The molecule has 5 rings (SSSR count). The summed E-state index contributed by atoms with van der Waals surface area (Å²) in [5, 5.41) is 6.64. The van der Waals surface area contributed by atoms with Gasteiger partial charge in [-0.2, -0.15) is 0 Å². The third kappa shape index (κ3) is 1.33. The van der Waals surface area contributed by atoms with E-state index in [-0.39, 0.29) is 5.82 Å². The molecule has 0 amide bonds. The molecule has 0 fully saturated rings. The number of allylic oxidation sites excluding steroid dienone is 1. The van der Waals surface area contributed by atoms with Crippen molar-refractivity contribution in [3.8, 4) is 0 Å². The molecule has 1 heteroatoms. The van der Waals surface area contributed by atoms with Crippen LogP contribution in [0.1, 0.15) is 17.5 Å². The van der Waals surface area contributed by atoms with E-state index in [1.54, 1.807) is 0 Å². The Bertz CT molecular complexity index is 1020. The van der Waals surface area contributed by atoms with Crippen LogP contribution < -0.4 is 0 Å². The van der Waals surface area contributed by atoms with E-state index in [0.717, 1.165) is 29.2 Å². The predicted octanol–water partition coefficient (Wildman–Crippen LogP) is 5.68. The highest BCUT2D eigenvalue weighted by Crippen LogP contribution is 2.40. The standard InChI is InChI=1S/C20H13F/c21-20-16-7-2-1-6-14(16)15-10-8-12-4-3-5-13-9-11-17(20)19(15)18(12)13/h2-5,7-11H,1,6H2. The van der Waals surface area contributed by atoms with E-state index in [1.165, 1.54) is 27.1 Å². The number of halogens is 1. The summed E-state index contributed by atoms with van der Waals surface area (Å²) < 4.78 is 14.9. The van der Waals surface area contributed by atoms with Gasteiger partial charge in [0.15, 0.2) is 0 Å². The van der Waals surface area contributed by atoms with E-state index in [9.17, 15) is 4.39 Å². The summed E-state index contributed by atoms with van der Waals surface area (Å²) >= 11 is 0. The molecule has 0 aliphatic heterocycles. The Morgan fingerprint density at radius 2 is 1.57 bits per heavy atom. The normalized spacial score (nSPS) is 14.3. The molecular formula is C20H13F. The number of aryl methyl sites for hydroxylation is 1. The van der Waals surface area contributed by atoms with Gasteiger partial charge in [-0.05, 0) is 39.9 Å². The molecule has 0 spiro atoms. The number of benzene rings is 4. The minimum atomic E-state index is -0.0632. The quantitative estimate of drug-likeness (QED) is 0.361. The van der Waals surface area contributed by atoms with Crippen molar-refractivity contribution < 1.29 is 4.39 Å². The molecule has 0 atom stereocenters. The second kappa shape index (κ2) is 3.82. The summed E-state index contributed by atoms with van der Waals surface area (Å²) in [4.78, 5) is 0. The third-order valence-electron chi connectivity index (χ3n) is 4.75. The van der Waals surface area contributed by atoms with E-state index in [4.69, 9.17) is 0 Å². The molecule has 0 saturated heterocycles. The predicted molar refractivity (Wildman–Crippen MR) is 87.5 cm³/mol. The summed E-state index contributed by atoms with van der Waals surface area (Å²) in [6.07, 6.45) is 5.94. The highest BCUT2D eigenvalue weighted by Gasteiger charge is 2.19. The average molecular weight is 272 g/mol. The number of hydrogen-bond donors (Lipinski definition) is 0. The van der Waals surface area contributed by atoms with Crippen LogP contribution in [0.4, 0.5) is 4.39 Å². The summed E-state index contributed by atoms with van der Waals surface area (Å²) in [7, 11) is 0. The monoisotopic (exact) mass is 272 g/mol. The van der Waals surface area contributed by atoms with Gasteiger partial charge in [-0.3, -0.25) is 0 Å². The Balaban J connectivity index is 2.16. The van der Waals surface area contributed by atoms with E-state index in [1.807, 2.05) is 18.2 Å². The lowest BCUT2D eigenvalue weighted by Crippen LogP contribution is -2.01. The Morgan fingerprint density at radius 1 is 0.810 bits per heavy atom. The Labute approximate surface area is 121 Å². The van der Waals surface area contributed by atoms with E-state index in [2.05, 4.69) is 36.4 Å². The van der Waals surface area contributed by atoms with Crippen molar-refractivity contribution in [2.75, 3.05) is 0 Å². The third-order valence-corrected chi connectivity index (χ3v) is 4.75. The van der Waals surface area contributed by atoms with E-state index < -0.39 is 0 Å². The van der Waals surface area contributed by atoms with Crippen molar-refractivity contribution in [3.05, 3.63) is 65.5 Å². The largest absolute Gasteiger partial charge is 0.206 e. The molecule has 0 aromatic heterocycles. The molecule has 1 aliphatic rings. The zero-order valence-corrected chi connectivity index (χ0v) is 11.5. The van der Waals surface area contributed by atoms with Gasteiger partial charge in [-0.25, -0.2) is 4.39 Å². The molecular weight excluding hydrogens is 259 g/mol. The molecule has 0 heterocycles. The molecule has 21 heavy (non-hydrogen) atoms. The van der Waals surface area contributed by atoms with Gasteiger partial charge in [0.2, 0.25) is 0 Å². The smallest absolute Gasteiger partial charge is 0.138 e. The number of rotatable bonds is 0. The van der Waals surface area contributed by atoms with E-state index in [0.29, 0.717) is 0 Å². The average Bonchev–Trinajstić information content (AvgIpc) is 2.55. The molecule has 0 N–H and O–H groups in total. The van der Waals surface area contributed by atoms with Gasteiger partial charge >= 0.3 is 0 Å². The van der Waals surface area contributed by atoms with Crippen LogP contribution >= 0.6 is 0 Å². The lowest BCUT2D eigenvalue weighted by atomic mass is 9.86. The van der Waals surface area contributed by atoms with Crippen LogP contribution in [0, 0.1) is 5.82 Å². The van der Waals surface area contributed by atoms with Crippen LogP contribution in [0.25, 0.3) is 38.4 Å². The molecule has 0 radical (unpaired) electrons. The van der Waals surface area contributed by atoms with Gasteiger partial charge in [0, 0.05) is 16.3 Å². The molecule has 0 nitrogen and oxygen atoms in total. The SMILES string of the molecule is Fc1c2c(c3ccc4cccc5ccc1c3c54)CCC=C2. The molecule has 0 saturated carbocycles. The first-order chi connectivity index (χ1) is 10.3. The summed E-state index contributed by atoms with van der Waals surface area (Å²) in [5.74, 6) is -0.0632. The van der Waals surface area contributed by atoms with Gasteiger partial charge < -0.3 is 0 Å². The highest BCUT2D eigenvalue weighted by atomic mass is 19.1. The Kier molecular flexibility index (Phi) is 2.05. The van der Waals surface area contributed by atoms with Crippen molar-refractivity contribution in [2.24, 2.45) is 0 Å². The Hall–Kier alpha value is -2.41. The van der Waals surface area contributed by atoms with Crippen molar-refractivity contribution in [1.82, 2.24) is 0 Å². The number of fused-ring (bicyclic) bond motifs is 2. The molecule has 0 bridgehead atoms. The van der Waals surface area contributed by atoms with Crippen molar-refractivity contribution in [1.29, 1.82) is 0 Å². The second-order valence-electron chi connectivity index (χ2n) is 5.83. The zero-order chi connectivity index (χ0) is 14.0. The lowest BCUT2D eigenvalue weighted by Gasteiger charge is -2.19. The van der Waals surface area contributed by atoms with Gasteiger partial charge in [-0.15, -0.1) is 0 Å². The fourth-order valence-electron chi connectivity index (χ4n) is 3.81. The first-order valence-electron chi connectivity index (χ1n) is 7.39. The fourth-order valence-corrected chi connectivity index (χ4v) is 3.81. The Morgan fingerprint density at radius 3 is 2.38 bits per heavy atom. The summed E-state index contributed by atoms with van der Waals surface area (Å²) in [6.45, 7) is 0. The summed E-state index contributed by atoms with van der Waals surface area (Å²) in [5.41, 5.74) is 1.95. The molecule has 4 aromatic carbocycles. The van der Waals surface area contributed by atoms with Crippen molar-refractivity contribution in [2.45, 2.75) is 12.8 Å². The van der Waals surface area contributed by atoms with Gasteiger partial charge in [0.25, 0.3) is 0 Å². The first kappa shape index (κ1) is 11.3. The van der Waals surface area contributed by atoms with Gasteiger partial charge in [-0.1, -0.05) is 54.6 Å². The summed E-state index contributed by atoms with van der Waals surface area (Å²) in [6, 6.07) is 14.6. The fraction of sp³-hybridized carbons (Fsp3) is 0.100. The second-order valence-corrected chi connectivity index (χ2v) is 5.83. The van der Waals surface area contributed by atoms with Gasteiger partial charge in [0.1, 0.15) is 5.82 Å². The van der Waals surface area contributed by atoms with Crippen LogP contribution in [0.2, 0.25) is 0 Å². The number of hydrogen-bond acceptors (Lipinski definition) is 0. The van der Waals surface area contributed by atoms with Crippen LogP contribution in [-0.2, 0) is 6.42 Å². The van der Waals surface area contributed by atoms with Crippen LogP contribution in [0.3, 0.4) is 0 Å². The molecule has 1 aliphatic carbocycles. The maximum absolute atomic E-state index is 14.9. The molecule has 4 aromatic rings. The topological polar surface area (TPSA) is 0 Å². The minimum absolute atomic E-state index is 0.0632. The first-order valence-corrected chi connectivity index (χ1v) is 7.39. The highest BCUT2D eigenvalue weighted by molar-refractivity contribution is 6.24.